The number of rotatable bonds is 7. The highest BCUT2D eigenvalue weighted by Crippen LogP contribution is 2.18. The van der Waals surface area contributed by atoms with Crippen LogP contribution in [-0.4, -0.2) is 30.1 Å². The zero-order valence-electron chi connectivity index (χ0n) is 11.6. The van der Waals surface area contributed by atoms with Crippen LogP contribution in [0, 0.1) is 0 Å². The molecule has 1 aromatic heterocycles. The molecule has 0 aliphatic heterocycles. The van der Waals surface area contributed by atoms with Crippen LogP contribution < -0.4 is 10.6 Å². The first-order chi connectivity index (χ1) is 10.0. The molecule has 2 amide bonds. The number of esters is 1. The quantitative estimate of drug-likeness (QED) is 0.456. The summed E-state index contributed by atoms with van der Waals surface area (Å²) >= 11 is 11.4. The number of aromatic nitrogens is 1. The molecule has 0 saturated heterocycles. The highest BCUT2D eigenvalue weighted by Gasteiger charge is 2.08. The van der Waals surface area contributed by atoms with Crippen LogP contribution in [0.2, 0.25) is 10.3 Å². The van der Waals surface area contributed by atoms with Crippen LogP contribution in [0.15, 0.2) is 12.1 Å². The Bertz CT molecular complexity index is 477. The van der Waals surface area contributed by atoms with Gasteiger partial charge in [-0.05, 0) is 18.6 Å². The van der Waals surface area contributed by atoms with Gasteiger partial charge in [0.1, 0.15) is 16.9 Å². The number of unbranched alkanes of at least 4 members (excludes halogenated alkanes) is 2. The van der Waals surface area contributed by atoms with Crippen molar-refractivity contribution in [1.82, 2.24) is 10.3 Å². The number of pyridine rings is 1. The molecule has 0 fully saturated rings. The number of nitrogens with zero attached hydrogens (tertiary/aromatic N) is 1. The molecule has 0 aliphatic carbocycles. The van der Waals surface area contributed by atoms with Crippen LogP contribution >= 0.6 is 23.2 Å². The second-order valence-corrected chi connectivity index (χ2v) is 5.01. The smallest absolute Gasteiger partial charge is 0.325 e. The number of urea groups is 1. The van der Waals surface area contributed by atoms with Crippen molar-refractivity contribution < 1.29 is 14.3 Å². The number of halogens is 2. The van der Waals surface area contributed by atoms with Gasteiger partial charge in [-0.2, -0.15) is 0 Å². The number of carbonyl (C=O) groups is 2. The van der Waals surface area contributed by atoms with Gasteiger partial charge in [-0.1, -0.05) is 43.0 Å². The number of nitrogens with one attached hydrogen (secondary N) is 2. The van der Waals surface area contributed by atoms with E-state index in [9.17, 15) is 9.59 Å². The molecule has 1 aromatic rings. The third-order valence-electron chi connectivity index (χ3n) is 2.42. The Balaban J connectivity index is 2.29. The number of hydrogen-bond donors (Lipinski definition) is 2. The fourth-order valence-electron chi connectivity index (χ4n) is 1.45. The summed E-state index contributed by atoms with van der Waals surface area (Å²) in [6.07, 6.45) is 2.88. The highest BCUT2D eigenvalue weighted by atomic mass is 35.5. The molecule has 1 rings (SSSR count). The van der Waals surface area contributed by atoms with E-state index in [4.69, 9.17) is 27.9 Å². The summed E-state index contributed by atoms with van der Waals surface area (Å²) in [6, 6.07) is 2.32. The zero-order chi connectivity index (χ0) is 15.7. The molecule has 0 atom stereocenters. The summed E-state index contributed by atoms with van der Waals surface area (Å²) in [5.74, 6) is -0.480. The summed E-state index contributed by atoms with van der Waals surface area (Å²) in [5, 5.41) is 5.19. The third-order valence-corrected chi connectivity index (χ3v) is 2.81. The Labute approximate surface area is 133 Å². The summed E-state index contributed by atoms with van der Waals surface area (Å²) in [5.41, 5.74) is 0.383. The van der Waals surface area contributed by atoms with E-state index in [0.29, 0.717) is 12.3 Å². The minimum atomic E-state index is -0.557. The molecule has 0 radical (unpaired) electrons. The van der Waals surface area contributed by atoms with E-state index in [1.807, 2.05) is 0 Å². The van der Waals surface area contributed by atoms with Gasteiger partial charge in [-0.15, -0.1) is 0 Å². The van der Waals surface area contributed by atoms with Crippen molar-refractivity contribution >= 4 is 40.9 Å². The highest BCUT2D eigenvalue weighted by molar-refractivity contribution is 6.32. The monoisotopic (exact) mass is 333 g/mol. The molecule has 1 heterocycles. The predicted octanol–water partition coefficient (Wildman–Crippen LogP) is 3.24. The second-order valence-electron chi connectivity index (χ2n) is 4.24. The van der Waals surface area contributed by atoms with Crippen molar-refractivity contribution in [2.24, 2.45) is 0 Å². The largest absolute Gasteiger partial charge is 0.464 e. The van der Waals surface area contributed by atoms with Crippen LogP contribution in [0.4, 0.5) is 10.5 Å². The van der Waals surface area contributed by atoms with Gasteiger partial charge >= 0.3 is 12.0 Å². The third kappa shape index (κ3) is 7.72. The second kappa shape index (κ2) is 9.41. The SMILES string of the molecule is CCCCCOC(=O)CNC(=O)Nc1cc(Cl)nc(Cl)c1. The van der Waals surface area contributed by atoms with Gasteiger partial charge in [0.05, 0.1) is 6.61 Å². The Kier molecular flexibility index (Phi) is 7.85. The normalized spacial score (nSPS) is 10.0. The van der Waals surface area contributed by atoms with Crippen molar-refractivity contribution in [3.05, 3.63) is 22.4 Å². The lowest BCUT2D eigenvalue weighted by Crippen LogP contribution is -2.34. The number of carbonyl (C=O) groups excluding carboxylic acids is 2. The molecule has 2 N–H and O–H groups in total. The molecule has 0 bridgehead atoms. The lowest BCUT2D eigenvalue weighted by Gasteiger charge is -2.08. The number of ether oxygens (including phenoxy) is 1. The molecule has 6 nitrogen and oxygen atoms in total. The average molecular weight is 334 g/mol. The summed E-state index contributed by atoms with van der Waals surface area (Å²) < 4.78 is 4.95. The fraction of sp³-hybridized carbons (Fsp3) is 0.462. The van der Waals surface area contributed by atoms with Crippen LogP contribution in [0.3, 0.4) is 0 Å². The topological polar surface area (TPSA) is 80.3 Å². The first-order valence-corrected chi connectivity index (χ1v) is 7.30. The van der Waals surface area contributed by atoms with Gasteiger partial charge in [-0.25, -0.2) is 9.78 Å². The van der Waals surface area contributed by atoms with Crippen molar-refractivity contribution in [3.8, 4) is 0 Å². The number of amides is 2. The van der Waals surface area contributed by atoms with Gasteiger partial charge in [0.15, 0.2) is 0 Å². The van der Waals surface area contributed by atoms with E-state index >= 15 is 0 Å². The van der Waals surface area contributed by atoms with Crippen LogP contribution in [-0.2, 0) is 9.53 Å². The van der Waals surface area contributed by atoms with Crippen molar-refractivity contribution in [1.29, 1.82) is 0 Å². The molecule has 0 unspecified atom stereocenters. The van der Waals surface area contributed by atoms with Crippen LogP contribution in [0.1, 0.15) is 26.2 Å². The van der Waals surface area contributed by atoms with Crippen LogP contribution in [0.25, 0.3) is 0 Å². The van der Waals surface area contributed by atoms with E-state index < -0.39 is 12.0 Å². The number of hydrogen-bond acceptors (Lipinski definition) is 4. The van der Waals surface area contributed by atoms with Crippen molar-refractivity contribution in [2.75, 3.05) is 18.5 Å². The van der Waals surface area contributed by atoms with Gasteiger partial charge in [0, 0.05) is 5.69 Å². The minimum absolute atomic E-state index is 0.160. The lowest BCUT2D eigenvalue weighted by atomic mass is 10.3. The van der Waals surface area contributed by atoms with Gasteiger partial charge in [0.25, 0.3) is 0 Å². The van der Waals surface area contributed by atoms with Crippen molar-refractivity contribution in [3.63, 3.8) is 0 Å². The Morgan fingerprint density at radius 3 is 2.52 bits per heavy atom. The Morgan fingerprint density at radius 1 is 1.24 bits per heavy atom. The van der Waals surface area contributed by atoms with Crippen LogP contribution in [0.5, 0.6) is 0 Å². The van der Waals surface area contributed by atoms with Gasteiger partial charge in [0.2, 0.25) is 0 Å². The minimum Gasteiger partial charge on any atom is -0.464 e. The first-order valence-electron chi connectivity index (χ1n) is 6.55. The van der Waals surface area contributed by atoms with E-state index in [0.717, 1.165) is 19.3 Å². The molecule has 0 saturated carbocycles. The molecule has 0 spiro atoms. The molecule has 21 heavy (non-hydrogen) atoms. The maximum atomic E-state index is 11.6. The summed E-state index contributed by atoms with van der Waals surface area (Å²) in [7, 11) is 0. The molecule has 116 valence electrons. The average Bonchev–Trinajstić information content (AvgIpc) is 2.40. The zero-order valence-corrected chi connectivity index (χ0v) is 13.1. The van der Waals surface area contributed by atoms with Crippen molar-refractivity contribution in [2.45, 2.75) is 26.2 Å². The Morgan fingerprint density at radius 2 is 1.90 bits per heavy atom. The van der Waals surface area contributed by atoms with E-state index in [1.165, 1.54) is 12.1 Å². The standard InChI is InChI=1S/C13H17Cl2N3O3/c1-2-3-4-5-21-12(19)8-16-13(20)17-9-6-10(14)18-11(15)7-9/h6-7H,2-5,8H2,1H3,(H2,16,17,18,20). The molecule has 8 heteroatoms. The predicted molar refractivity (Wildman–Crippen MR) is 81.8 cm³/mol. The summed E-state index contributed by atoms with van der Waals surface area (Å²) in [6.45, 7) is 2.22. The molecule has 0 aliphatic rings. The fourth-order valence-corrected chi connectivity index (χ4v) is 1.91. The van der Waals surface area contributed by atoms with Gasteiger partial charge < -0.3 is 15.4 Å². The van der Waals surface area contributed by atoms with E-state index in [2.05, 4.69) is 22.5 Å². The van der Waals surface area contributed by atoms with E-state index in [-0.39, 0.29) is 16.9 Å². The molecular formula is C13H17Cl2N3O3. The maximum Gasteiger partial charge on any atom is 0.325 e. The summed E-state index contributed by atoms with van der Waals surface area (Å²) in [4.78, 5) is 26.7. The molecule has 0 aromatic carbocycles. The Hall–Kier alpha value is -1.53. The first kappa shape index (κ1) is 17.5. The maximum absolute atomic E-state index is 11.6. The number of anilines is 1. The lowest BCUT2D eigenvalue weighted by molar-refractivity contribution is -0.142. The van der Waals surface area contributed by atoms with Gasteiger partial charge in [-0.3, -0.25) is 4.79 Å². The molecular weight excluding hydrogens is 317 g/mol. The van der Waals surface area contributed by atoms with E-state index in [1.54, 1.807) is 0 Å².